The van der Waals surface area contributed by atoms with Crippen molar-refractivity contribution in [2.45, 2.75) is 57.7 Å². The predicted octanol–water partition coefficient (Wildman–Crippen LogP) is 2.05. The third-order valence-corrected chi connectivity index (χ3v) is 5.13. The van der Waals surface area contributed by atoms with Crippen molar-refractivity contribution < 1.29 is 4.21 Å². The minimum Gasteiger partial charge on any atom is -0.327 e. The summed E-state index contributed by atoms with van der Waals surface area (Å²) in [5.74, 6) is 0.814. The Kier molecular flexibility index (Phi) is 4.14. The maximum atomic E-state index is 11.9. The molecule has 0 heterocycles. The molecular weight excluding hydrogens is 194 g/mol. The van der Waals surface area contributed by atoms with Crippen LogP contribution >= 0.6 is 0 Å². The number of rotatable bonds is 3. The molecule has 0 saturated heterocycles. The van der Waals surface area contributed by atoms with Gasteiger partial charge in [-0.3, -0.25) is 4.21 Å². The van der Waals surface area contributed by atoms with Crippen molar-refractivity contribution in [3.63, 3.8) is 0 Å². The molecular formula is C11H23NOS. The predicted molar refractivity (Wildman–Crippen MR) is 62.7 cm³/mol. The van der Waals surface area contributed by atoms with Gasteiger partial charge in [0.25, 0.3) is 0 Å². The smallest absolute Gasteiger partial charge is 0.0504 e. The van der Waals surface area contributed by atoms with Gasteiger partial charge in [0.2, 0.25) is 0 Å². The highest BCUT2D eigenvalue weighted by molar-refractivity contribution is 7.85. The molecule has 84 valence electrons. The standard InChI is InChI=1S/C11H23NOS/c1-4-7-14(13)10-8-11(2,3)6-5-9(10)12/h9-10H,4-8,12H2,1-3H3. The van der Waals surface area contributed by atoms with Gasteiger partial charge in [-0.1, -0.05) is 20.8 Å². The zero-order valence-electron chi connectivity index (χ0n) is 9.58. The maximum absolute atomic E-state index is 11.9. The van der Waals surface area contributed by atoms with Gasteiger partial charge in [-0.2, -0.15) is 0 Å². The van der Waals surface area contributed by atoms with Crippen LogP contribution in [0.4, 0.5) is 0 Å². The van der Waals surface area contributed by atoms with Crippen LogP contribution in [0.2, 0.25) is 0 Å². The SMILES string of the molecule is CCCS(=O)C1CC(C)(C)CCC1N. The molecule has 0 spiro atoms. The third-order valence-electron chi connectivity index (χ3n) is 3.13. The Bertz CT molecular complexity index is 215. The lowest BCUT2D eigenvalue weighted by atomic mass is 9.75. The number of nitrogens with two attached hydrogens (primary N) is 1. The lowest BCUT2D eigenvalue weighted by molar-refractivity contribution is 0.230. The van der Waals surface area contributed by atoms with Crippen LogP contribution in [-0.2, 0) is 10.8 Å². The average Bonchev–Trinajstić information content (AvgIpc) is 2.10. The number of hydrogen-bond acceptors (Lipinski definition) is 2. The van der Waals surface area contributed by atoms with E-state index in [1.807, 2.05) is 0 Å². The highest BCUT2D eigenvalue weighted by Crippen LogP contribution is 2.36. The second kappa shape index (κ2) is 4.75. The normalized spacial score (nSPS) is 34.0. The van der Waals surface area contributed by atoms with Gasteiger partial charge in [0, 0.05) is 22.6 Å². The van der Waals surface area contributed by atoms with Gasteiger partial charge in [-0.25, -0.2) is 0 Å². The summed E-state index contributed by atoms with van der Waals surface area (Å²) >= 11 is 0. The second-order valence-corrected chi connectivity index (χ2v) is 6.97. The van der Waals surface area contributed by atoms with Crippen molar-refractivity contribution >= 4 is 10.8 Å². The molecule has 1 aliphatic rings. The van der Waals surface area contributed by atoms with E-state index in [9.17, 15) is 4.21 Å². The first kappa shape index (κ1) is 12.2. The molecule has 0 bridgehead atoms. The Hall–Kier alpha value is 0.110. The van der Waals surface area contributed by atoms with Crippen LogP contribution in [0, 0.1) is 5.41 Å². The highest BCUT2D eigenvalue weighted by atomic mass is 32.2. The molecule has 0 amide bonds. The van der Waals surface area contributed by atoms with E-state index in [0.29, 0.717) is 5.41 Å². The van der Waals surface area contributed by atoms with Gasteiger partial charge >= 0.3 is 0 Å². The summed E-state index contributed by atoms with van der Waals surface area (Å²) in [4.78, 5) is 0. The summed E-state index contributed by atoms with van der Waals surface area (Å²) in [6, 6.07) is 0.162. The molecule has 3 atom stereocenters. The molecule has 1 fully saturated rings. The molecule has 3 heteroatoms. The van der Waals surface area contributed by atoms with Gasteiger partial charge < -0.3 is 5.73 Å². The third kappa shape index (κ3) is 3.06. The molecule has 3 unspecified atom stereocenters. The van der Waals surface area contributed by atoms with Crippen molar-refractivity contribution in [2.75, 3.05) is 5.75 Å². The van der Waals surface area contributed by atoms with Gasteiger partial charge in [0.1, 0.15) is 0 Å². The van der Waals surface area contributed by atoms with Crippen LogP contribution < -0.4 is 5.73 Å². The minimum atomic E-state index is -0.708. The van der Waals surface area contributed by atoms with E-state index in [-0.39, 0.29) is 11.3 Å². The van der Waals surface area contributed by atoms with Crippen LogP contribution in [0.25, 0.3) is 0 Å². The first-order valence-electron chi connectivity index (χ1n) is 5.59. The largest absolute Gasteiger partial charge is 0.327 e. The van der Waals surface area contributed by atoms with Crippen LogP contribution in [0.3, 0.4) is 0 Å². The average molecular weight is 217 g/mol. The molecule has 0 aromatic rings. The van der Waals surface area contributed by atoms with Gasteiger partial charge in [0.15, 0.2) is 0 Å². The molecule has 2 N–H and O–H groups in total. The van der Waals surface area contributed by atoms with Crippen molar-refractivity contribution in [1.29, 1.82) is 0 Å². The molecule has 1 saturated carbocycles. The Morgan fingerprint density at radius 1 is 1.50 bits per heavy atom. The summed E-state index contributed by atoms with van der Waals surface area (Å²) in [7, 11) is -0.708. The quantitative estimate of drug-likeness (QED) is 0.786. The fraction of sp³-hybridized carbons (Fsp3) is 1.00. The minimum absolute atomic E-state index is 0.162. The monoisotopic (exact) mass is 217 g/mol. The molecule has 14 heavy (non-hydrogen) atoms. The fourth-order valence-corrected chi connectivity index (χ4v) is 4.05. The molecule has 0 aromatic carbocycles. The fourth-order valence-electron chi connectivity index (χ4n) is 2.18. The highest BCUT2D eigenvalue weighted by Gasteiger charge is 2.35. The van der Waals surface area contributed by atoms with Crippen LogP contribution in [0.5, 0.6) is 0 Å². The summed E-state index contributed by atoms with van der Waals surface area (Å²) < 4.78 is 11.9. The number of hydrogen-bond donors (Lipinski definition) is 1. The Morgan fingerprint density at radius 3 is 2.71 bits per heavy atom. The van der Waals surface area contributed by atoms with E-state index >= 15 is 0 Å². The Balaban J connectivity index is 2.61. The first-order valence-corrected chi connectivity index (χ1v) is 6.97. The van der Waals surface area contributed by atoms with E-state index in [4.69, 9.17) is 5.73 Å². The summed E-state index contributed by atoms with van der Waals surface area (Å²) in [6.45, 7) is 6.60. The van der Waals surface area contributed by atoms with E-state index in [1.165, 1.54) is 6.42 Å². The van der Waals surface area contributed by atoms with E-state index < -0.39 is 10.8 Å². The molecule has 2 nitrogen and oxygen atoms in total. The van der Waals surface area contributed by atoms with E-state index in [2.05, 4.69) is 20.8 Å². The second-order valence-electron chi connectivity index (χ2n) is 5.19. The van der Waals surface area contributed by atoms with Gasteiger partial charge in [-0.15, -0.1) is 0 Å². The lowest BCUT2D eigenvalue weighted by Crippen LogP contribution is -2.45. The van der Waals surface area contributed by atoms with Gasteiger partial charge in [-0.05, 0) is 31.1 Å². The summed E-state index contributed by atoms with van der Waals surface area (Å²) in [5.41, 5.74) is 6.38. The topological polar surface area (TPSA) is 43.1 Å². The molecule has 0 aromatic heterocycles. The molecule has 1 rings (SSSR count). The maximum Gasteiger partial charge on any atom is 0.0504 e. The van der Waals surface area contributed by atoms with Crippen LogP contribution in [-0.4, -0.2) is 21.3 Å². The van der Waals surface area contributed by atoms with Gasteiger partial charge in [0.05, 0.1) is 5.25 Å². The Labute approximate surface area is 90.1 Å². The van der Waals surface area contributed by atoms with Crippen LogP contribution in [0.1, 0.15) is 46.5 Å². The van der Waals surface area contributed by atoms with Crippen molar-refractivity contribution in [3.8, 4) is 0 Å². The Morgan fingerprint density at radius 2 is 2.14 bits per heavy atom. The van der Waals surface area contributed by atoms with Crippen LogP contribution in [0.15, 0.2) is 0 Å². The molecule has 0 radical (unpaired) electrons. The van der Waals surface area contributed by atoms with Crippen molar-refractivity contribution in [2.24, 2.45) is 11.1 Å². The van der Waals surface area contributed by atoms with Crippen molar-refractivity contribution in [1.82, 2.24) is 0 Å². The first-order chi connectivity index (χ1) is 6.46. The zero-order chi connectivity index (χ0) is 10.8. The summed E-state index contributed by atoms with van der Waals surface area (Å²) in [6.07, 6.45) is 4.23. The zero-order valence-corrected chi connectivity index (χ0v) is 10.4. The van der Waals surface area contributed by atoms with E-state index in [0.717, 1.165) is 25.0 Å². The van der Waals surface area contributed by atoms with Crippen molar-refractivity contribution in [3.05, 3.63) is 0 Å². The van der Waals surface area contributed by atoms with E-state index in [1.54, 1.807) is 0 Å². The lowest BCUT2D eigenvalue weighted by Gasteiger charge is -2.38. The molecule has 1 aliphatic carbocycles. The molecule has 0 aliphatic heterocycles. The summed E-state index contributed by atoms with van der Waals surface area (Å²) in [5, 5.41) is 0.235.